The van der Waals surface area contributed by atoms with Crippen LogP contribution < -0.4 is 5.32 Å². The van der Waals surface area contributed by atoms with Crippen LogP contribution in [0.2, 0.25) is 0 Å². The van der Waals surface area contributed by atoms with Crippen molar-refractivity contribution in [1.82, 2.24) is 5.32 Å². The average molecular weight is 205 g/mol. The first kappa shape index (κ1) is 10.2. The number of nitrogens with one attached hydrogen (secondary N) is 1. The summed E-state index contributed by atoms with van der Waals surface area (Å²) in [7, 11) is 0. The van der Waals surface area contributed by atoms with Gasteiger partial charge in [0.25, 0.3) is 0 Å². The number of carbonyl (C=O) groups excluding carboxylic acids is 1. The van der Waals surface area contributed by atoms with E-state index in [0.717, 1.165) is 19.4 Å². The maximum atomic E-state index is 11.8. The molecule has 80 valence electrons. The van der Waals surface area contributed by atoms with E-state index in [1.165, 1.54) is 6.07 Å². The Morgan fingerprint density at radius 2 is 2.40 bits per heavy atom. The summed E-state index contributed by atoms with van der Waals surface area (Å²) >= 11 is 0. The number of rotatable bonds is 3. The molecule has 0 bridgehead atoms. The molecule has 0 spiro atoms. The van der Waals surface area contributed by atoms with E-state index in [-0.39, 0.29) is 11.5 Å². The van der Waals surface area contributed by atoms with E-state index in [0.29, 0.717) is 18.0 Å². The van der Waals surface area contributed by atoms with Crippen LogP contribution >= 0.6 is 0 Å². The Bertz CT molecular complexity index is 356. The van der Waals surface area contributed by atoms with Crippen molar-refractivity contribution in [2.45, 2.75) is 25.3 Å². The third kappa shape index (κ3) is 2.57. The van der Waals surface area contributed by atoms with Crippen molar-refractivity contribution in [2.24, 2.45) is 0 Å². The fourth-order valence-electron chi connectivity index (χ4n) is 1.95. The van der Waals surface area contributed by atoms with Crippen molar-refractivity contribution in [1.29, 1.82) is 0 Å². The summed E-state index contributed by atoms with van der Waals surface area (Å²) in [6, 6.07) is 6.86. The quantitative estimate of drug-likeness (QED) is 0.739. The Labute approximate surface area is 89.1 Å². The zero-order valence-corrected chi connectivity index (χ0v) is 8.57. The van der Waals surface area contributed by atoms with E-state index >= 15 is 0 Å². The molecule has 0 amide bonds. The van der Waals surface area contributed by atoms with Crippen molar-refractivity contribution in [3.05, 3.63) is 29.8 Å². The molecule has 0 radical (unpaired) electrons. The van der Waals surface area contributed by atoms with E-state index in [9.17, 15) is 9.90 Å². The second-order valence-corrected chi connectivity index (χ2v) is 3.97. The van der Waals surface area contributed by atoms with E-state index in [1.54, 1.807) is 18.2 Å². The van der Waals surface area contributed by atoms with Crippen LogP contribution in [0, 0.1) is 0 Å². The summed E-state index contributed by atoms with van der Waals surface area (Å²) < 4.78 is 0. The van der Waals surface area contributed by atoms with E-state index < -0.39 is 0 Å². The zero-order chi connectivity index (χ0) is 10.7. The lowest BCUT2D eigenvalue weighted by atomic mass is 10.0. The number of hydrogen-bond acceptors (Lipinski definition) is 3. The van der Waals surface area contributed by atoms with Crippen molar-refractivity contribution in [2.75, 3.05) is 6.54 Å². The number of ketones is 1. The number of carbonyl (C=O) groups is 1. The molecule has 1 heterocycles. The molecular formula is C12H15NO2. The predicted octanol–water partition coefficient (Wildman–Crippen LogP) is 1.72. The van der Waals surface area contributed by atoms with Crippen LogP contribution in [-0.2, 0) is 0 Å². The van der Waals surface area contributed by atoms with E-state index in [1.807, 2.05) is 0 Å². The molecule has 2 N–H and O–H groups in total. The Balaban J connectivity index is 2.01. The Kier molecular flexibility index (Phi) is 3.02. The first-order valence-electron chi connectivity index (χ1n) is 5.31. The summed E-state index contributed by atoms with van der Waals surface area (Å²) in [5, 5.41) is 12.5. The van der Waals surface area contributed by atoms with Gasteiger partial charge in [-0.15, -0.1) is 0 Å². The molecule has 1 unspecified atom stereocenters. The largest absolute Gasteiger partial charge is 0.508 e. The molecule has 0 aromatic heterocycles. The van der Waals surface area contributed by atoms with Gasteiger partial charge in [-0.2, -0.15) is 0 Å². The molecular weight excluding hydrogens is 190 g/mol. The summed E-state index contributed by atoms with van der Waals surface area (Å²) in [5.41, 5.74) is 0.601. The van der Waals surface area contributed by atoms with Crippen LogP contribution in [0.5, 0.6) is 5.75 Å². The topological polar surface area (TPSA) is 49.3 Å². The molecule has 1 aliphatic rings. The van der Waals surface area contributed by atoms with E-state index in [2.05, 4.69) is 5.32 Å². The first-order valence-corrected chi connectivity index (χ1v) is 5.31. The van der Waals surface area contributed by atoms with Crippen molar-refractivity contribution in [3.8, 4) is 5.75 Å². The van der Waals surface area contributed by atoms with Crippen LogP contribution in [0.3, 0.4) is 0 Å². The van der Waals surface area contributed by atoms with Gasteiger partial charge >= 0.3 is 0 Å². The lowest BCUT2D eigenvalue weighted by Crippen LogP contribution is -2.24. The normalized spacial score (nSPS) is 20.4. The average Bonchev–Trinajstić information content (AvgIpc) is 2.70. The van der Waals surface area contributed by atoms with Gasteiger partial charge in [-0.25, -0.2) is 0 Å². The maximum absolute atomic E-state index is 11.8. The molecule has 1 aromatic rings. The van der Waals surface area contributed by atoms with Gasteiger partial charge in [-0.05, 0) is 31.5 Å². The highest BCUT2D eigenvalue weighted by molar-refractivity contribution is 5.96. The van der Waals surface area contributed by atoms with Gasteiger partial charge in [0.1, 0.15) is 5.75 Å². The highest BCUT2D eigenvalue weighted by Crippen LogP contribution is 2.16. The first-order chi connectivity index (χ1) is 7.25. The third-order valence-corrected chi connectivity index (χ3v) is 2.76. The van der Waals surface area contributed by atoms with Gasteiger partial charge < -0.3 is 10.4 Å². The van der Waals surface area contributed by atoms with Crippen molar-refractivity contribution < 1.29 is 9.90 Å². The predicted molar refractivity (Wildman–Crippen MR) is 58.1 cm³/mol. The maximum Gasteiger partial charge on any atom is 0.164 e. The summed E-state index contributed by atoms with van der Waals surface area (Å²) in [6.45, 7) is 1.01. The Morgan fingerprint density at radius 3 is 3.07 bits per heavy atom. The molecule has 1 aliphatic heterocycles. The summed E-state index contributed by atoms with van der Waals surface area (Å²) in [4.78, 5) is 11.8. The van der Waals surface area contributed by atoms with Gasteiger partial charge in [0.05, 0.1) is 0 Å². The minimum atomic E-state index is 0.102. The Morgan fingerprint density at radius 1 is 1.53 bits per heavy atom. The van der Waals surface area contributed by atoms with Gasteiger partial charge in [0.2, 0.25) is 0 Å². The third-order valence-electron chi connectivity index (χ3n) is 2.76. The zero-order valence-electron chi connectivity index (χ0n) is 8.57. The number of phenolic OH excluding ortho intramolecular Hbond substituents is 1. The second kappa shape index (κ2) is 4.45. The number of aromatic hydroxyl groups is 1. The molecule has 2 rings (SSSR count). The fraction of sp³-hybridized carbons (Fsp3) is 0.417. The number of benzene rings is 1. The summed E-state index contributed by atoms with van der Waals surface area (Å²) in [6.07, 6.45) is 2.76. The summed E-state index contributed by atoms with van der Waals surface area (Å²) in [5.74, 6) is 0.255. The minimum absolute atomic E-state index is 0.102. The molecule has 1 fully saturated rings. The van der Waals surface area contributed by atoms with Gasteiger partial charge in [-0.3, -0.25) is 4.79 Å². The number of phenols is 1. The van der Waals surface area contributed by atoms with Crippen LogP contribution in [-0.4, -0.2) is 23.5 Å². The SMILES string of the molecule is O=C(CC1CCCN1)c1cccc(O)c1. The molecule has 0 saturated carbocycles. The van der Waals surface area contributed by atoms with Gasteiger partial charge in [0.15, 0.2) is 5.78 Å². The second-order valence-electron chi connectivity index (χ2n) is 3.97. The minimum Gasteiger partial charge on any atom is -0.508 e. The van der Waals surface area contributed by atoms with Gasteiger partial charge in [0, 0.05) is 18.0 Å². The molecule has 1 aromatic carbocycles. The number of hydrogen-bond donors (Lipinski definition) is 2. The van der Waals surface area contributed by atoms with Crippen LogP contribution in [0.1, 0.15) is 29.6 Å². The standard InChI is InChI=1S/C12H15NO2/c14-11-5-1-3-9(7-11)12(15)8-10-4-2-6-13-10/h1,3,5,7,10,13-14H,2,4,6,8H2. The monoisotopic (exact) mass is 205 g/mol. The smallest absolute Gasteiger partial charge is 0.164 e. The van der Waals surface area contributed by atoms with E-state index in [4.69, 9.17) is 0 Å². The molecule has 0 aliphatic carbocycles. The van der Waals surface area contributed by atoms with Crippen molar-refractivity contribution in [3.63, 3.8) is 0 Å². The Hall–Kier alpha value is -1.35. The van der Waals surface area contributed by atoms with Gasteiger partial charge in [-0.1, -0.05) is 12.1 Å². The molecule has 1 saturated heterocycles. The highest BCUT2D eigenvalue weighted by Gasteiger charge is 2.18. The van der Waals surface area contributed by atoms with Crippen molar-refractivity contribution >= 4 is 5.78 Å². The van der Waals surface area contributed by atoms with Crippen LogP contribution in [0.25, 0.3) is 0 Å². The lowest BCUT2D eigenvalue weighted by Gasteiger charge is -2.08. The molecule has 3 nitrogen and oxygen atoms in total. The highest BCUT2D eigenvalue weighted by atomic mass is 16.3. The molecule has 1 atom stereocenters. The van der Waals surface area contributed by atoms with Crippen LogP contribution in [0.4, 0.5) is 0 Å². The number of Topliss-reactive ketones (excluding diaryl/α,β-unsaturated/α-hetero) is 1. The molecule has 3 heteroatoms. The lowest BCUT2D eigenvalue weighted by molar-refractivity contribution is 0.0971. The molecule has 15 heavy (non-hydrogen) atoms. The fourth-order valence-corrected chi connectivity index (χ4v) is 1.95. The van der Waals surface area contributed by atoms with Crippen LogP contribution in [0.15, 0.2) is 24.3 Å².